The fourth-order valence-corrected chi connectivity index (χ4v) is 5.34. The summed E-state index contributed by atoms with van der Waals surface area (Å²) in [5.41, 5.74) is -0.140. The Morgan fingerprint density at radius 2 is 1.55 bits per heavy atom. The molecule has 3 radical (unpaired) electrons. The Labute approximate surface area is 195 Å². The van der Waals surface area contributed by atoms with Crippen LogP contribution in [0.25, 0.3) is 0 Å². The van der Waals surface area contributed by atoms with E-state index in [0.29, 0.717) is 24.5 Å². The van der Waals surface area contributed by atoms with Gasteiger partial charge in [0.25, 0.3) is 0 Å². The molecule has 5 nitrogen and oxygen atoms in total. The third-order valence-corrected chi connectivity index (χ3v) is 7.09. The zero-order chi connectivity index (χ0) is 24.2. The Hall–Kier alpha value is -2.81. The van der Waals surface area contributed by atoms with Crippen molar-refractivity contribution in [2.24, 2.45) is 0 Å². The minimum absolute atomic E-state index is 0.0294. The first-order valence-electron chi connectivity index (χ1n) is 10.8. The molecule has 0 unspecified atom stereocenters. The number of alkyl halides is 3. The lowest BCUT2D eigenvalue weighted by Gasteiger charge is -2.64. The number of halogens is 3. The molecule has 0 aliphatic carbocycles. The summed E-state index contributed by atoms with van der Waals surface area (Å²) in [6, 6.07) is 14.6. The van der Waals surface area contributed by atoms with Crippen LogP contribution >= 0.6 is 0 Å². The minimum Gasteiger partial charge on any atom is -0.366 e. The Kier molecular flexibility index (Phi) is 5.59. The number of nitrogens with zero attached hydrogens (tertiary/aromatic N) is 3. The van der Waals surface area contributed by atoms with Gasteiger partial charge in [0.15, 0.2) is 0 Å². The molecule has 33 heavy (non-hydrogen) atoms. The molecular formula is C24H26F3N4OSi. The van der Waals surface area contributed by atoms with Gasteiger partial charge >= 0.3 is 6.18 Å². The quantitative estimate of drug-likeness (QED) is 0.690. The van der Waals surface area contributed by atoms with Crippen LogP contribution in [-0.4, -0.2) is 63.0 Å². The first-order chi connectivity index (χ1) is 15.4. The van der Waals surface area contributed by atoms with E-state index in [2.05, 4.69) is 15.1 Å². The van der Waals surface area contributed by atoms with Gasteiger partial charge in [0.2, 0.25) is 5.91 Å². The second-order valence-corrected chi connectivity index (χ2v) is 10.1. The lowest BCUT2D eigenvalue weighted by Crippen LogP contribution is -2.83. The molecule has 0 bridgehead atoms. The number of nitrogens with one attached hydrogen (secondary N) is 1. The van der Waals surface area contributed by atoms with Gasteiger partial charge in [-0.05, 0) is 50.6 Å². The SMILES string of the molecule is CC(C)N1CC(=O)N([C@@](C)([Si])c2ccc(C(F)(F)F)cc2)C2(CN(c3ccccc3)C2)C1=N. The summed E-state index contributed by atoms with van der Waals surface area (Å²) in [4.78, 5) is 19.1. The highest BCUT2D eigenvalue weighted by Crippen LogP contribution is 2.43. The average molecular weight is 472 g/mol. The van der Waals surface area contributed by atoms with Crippen LogP contribution in [0.3, 0.4) is 0 Å². The molecule has 1 spiro atoms. The van der Waals surface area contributed by atoms with Crippen molar-refractivity contribution in [2.45, 2.75) is 43.7 Å². The molecule has 9 heteroatoms. The normalized spacial score (nSPS) is 20.3. The van der Waals surface area contributed by atoms with Crippen LogP contribution in [0.15, 0.2) is 54.6 Å². The van der Waals surface area contributed by atoms with Crippen molar-refractivity contribution in [3.63, 3.8) is 0 Å². The molecule has 1 amide bonds. The van der Waals surface area contributed by atoms with Crippen LogP contribution in [0.5, 0.6) is 0 Å². The molecule has 2 aromatic rings. The van der Waals surface area contributed by atoms with Gasteiger partial charge < -0.3 is 14.7 Å². The average Bonchev–Trinajstić information content (AvgIpc) is 2.73. The van der Waals surface area contributed by atoms with Crippen molar-refractivity contribution in [3.05, 3.63) is 65.7 Å². The van der Waals surface area contributed by atoms with Gasteiger partial charge in [0.05, 0.1) is 35.4 Å². The lowest BCUT2D eigenvalue weighted by atomic mass is 9.80. The molecule has 1 atom stereocenters. The molecule has 2 saturated heterocycles. The van der Waals surface area contributed by atoms with E-state index in [-0.39, 0.29) is 18.5 Å². The third-order valence-electron chi connectivity index (χ3n) is 6.58. The fraction of sp³-hybridized carbons (Fsp3) is 0.417. The fourth-order valence-electron chi connectivity index (χ4n) is 4.84. The van der Waals surface area contributed by atoms with E-state index >= 15 is 0 Å². The monoisotopic (exact) mass is 471 g/mol. The number of hydrogen-bond acceptors (Lipinski definition) is 3. The molecule has 2 aliphatic heterocycles. The number of piperazine rings is 1. The first-order valence-corrected chi connectivity index (χ1v) is 11.3. The summed E-state index contributed by atoms with van der Waals surface area (Å²) in [7, 11) is 3.74. The van der Waals surface area contributed by atoms with Gasteiger partial charge in [-0.3, -0.25) is 10.2 Å². The number of amides is 1. The maximum absolute atomic E-state index is 13.5. The van der Waals surface area contributed by atoms with Crippen molar-refractivity contribution in [2.75, 3.05) is 24.5 Å². The van der Waals surface area contributed by atoms with Gasteiger partial charge in [0.1, 0.15) is 11.4 Å². The van der Waals surface area contributed by atoms with E-state index in [9.17, 15) is 18.0 Å². The standard InChI is InChI=1S/C24H26F3N4OSi/c1-16(2)30-13-20(32)31(22(3,33)17-9-11-18(12-10-17)24(25,26)27)23(21(30)28)14-29(15-23)19-7-5-4-6-8-19/h4-12,16,28H,13-15H2,1-3H3/t22-/m0/s1. The largest absolute Gasteiger partial charge is 0.416 e. The maximum atomic E-state index is 13.5. The summed E-state index contributed by atoms with van der Waals surface area (Å²) in [6.07, 6.45) is -4.44. The van der Waals surface area contributed by atoms with Crippen molar-refractivity contribution < 1.29 is 18.0 Å². The Morgan fingerprint density at radius 3 is 2.06 bits per heavy atom. The van der Waals surface area contributed by atoms with Crippen LogP contribution in [0.2, 0.25) is 0 Å². The molecular weight excluding hydrogens is 445 g/mol. The van der Waals surface area contributed by atoms with E-state index in [1.54, 1.807) is 16.7 Å². The molecule has 1 N–H and O–H groups in total. The number of para-hydroxylation sites is 1. The molecule has 2 aliphatic rings. The summed E-state index contributed by atoms with van der Waals surface area (Å²) in [6.45, 7) is 6.54. The maximum Gasteiger partial charge on any atom is 0.416 e. The Morgan fingerprint density at radius 1 is 1.00 bits per heavy atom. The molecule has 0 aromatic heterocycles. The smallest absolute Gasteiger partial charge is 0.366 e. The molecule has 4 rings (SSSR count). The molecule has 2 fully saturated rings. The predicted molar refractivity (Wildman–Crippen MR) is 122 cm³/mol. The second-order valence-electron chi connectivity index (χ2n) is 9.17. The highest BCUT2D eigenvalue weighted by Gasteiger charge is 2.61. The zero-order valence-electron chi connectivity index (χ0n) is 18.8. The van der Waals surface area contributed by atoms with Gasteiger partial charge in [-0.25, -0.2) is 0 Å². The summed E-state index contributed by atoms with van der Waals surface area (Å²) < 4.78 is 39.2. The highest BCUT2D eigenvalue weighted by molar-refractivity contribution is 6.18. The number of rotatable bonds is 4. The first kappa shape index (κ1) is 23.3. The van der Waals surface area contributed by atoms with Crippen LogP contribution in [-0.2, 0) is 16.1 Å². The highest BCUT2D eigenvalue weighted by atomic mass is 28.1. The number of anilines is 1. The van der Waals surface area contributed by atoms with Gasteiger partial charge in [-0.2, -0.15) is 13.2 Å². The zero-order valence-corrected chi connectivity index (χ0v) is 19.8. The molecule has 0 saturated carbocycles. The summed E-state index contributed by atoms with van der Waals surface area (Å²) >= 11 is 0. The molecule has 2 heterocycles. The molecule has 173 valence electrons. The lowest BCUT2D eigenvalue weighted by molar-refractivity contribution is -0.146. The topological polar surface area (TPSA) is 50.6 Å². The Balaban J connectivity index is 1.73. The van der Waals surface area contributed by atoms with Crippen molar-refractivity contribution in [3.8, 4) is 0 Å². The second kappa shape index (κ2) is 7.90. The van der Waals surface area contributed by atoms with Crippen molar-refractivity contribution >= 4 is 27.7 Å². The predicted octanol–water partition coefficient (Wildman–Crippen LogP) is 3.84. The minimum atomic E-state index is -4.44. The number of carbonyl (C=O) groups is 1. The third kappa shape index (κ3) is 3.82. The van der Waals surface area contributed by atoms with E-state index in [0.717, 1.165) is 17.8 Å². The number of hydrogen-bond donors (Lipinski definition) is 1. The van der Waals surface area contributed by atoms with Gasteiger partial charge in [-0.1, -0.05) is 30.3 Å². The summed E-state index contributed by atoms with van der Waals surface area (Å²) in [5, 5.41) is 7.95. The Bertz CT molecular complexity index is 1050. The van der Waals surface area contributed by atoms with E-state index in [4.69, 9.17) is 5.41 Å². The van der Waals surface area contributed by atoms with E-state index in [1.807, 2.05) is 44.2 Å². The number of benzene rings is 2. The van der Waals surface area contributed by atoms with Crippen molar-refractivity contribution in [1.29, 1.82) is 5.41 Å². The van der Waals surface area contributed by atoms with E-state index < -0.39 is 22.4 Å². The molecule has 2 aromatic carbocycles. The van der Waals surface area contributed by atoms with Crippen LogP contribution in [0, 0.1) is 5.41 Å². The van der Waals surface area contributed by atoms with Gasteiger partial charge in [-0.15, -0.1) is 0 Å². The number of carbonyl (C=O) groups excluding carboxylic acids is 1. The van der Waals surface area contributed by atoms with Crippen molar-refractivity contribution in [1.82, 2.24) is 9.80 Å². The van der Waals surface area contributed by atoms with Crippen LogP contribution < -0.4 is 4.90 Å². The van der Waals surface area contributed by atoms with Gasteiger partial charge in [0, 0.05) is 16.9 Å². The number of amidine groups is 1. The summed E-state index contributed by atoms with van der Waals surface area (Å²) in [5.74, 6) is 0.172. The van der Waals surface area contributed by atoms with E-state index in [1.165, 1.54) is 12.1 Å². The van der Waals surface area contributed by atoms with Crippen LogP contribution in [0.4, 0.5) is 18.9 Å². The van der Waals surface area contributed by atoms with Crippen LogP contribution in [0.1, 0.15) is 31.9 Å².